The summed E-state index contributed by atoms with van der Waals surface area (Å²) in [6, 6.07) is 17.7. The maximum Gasteiger partial charge on any atom is 0.321 e. The molecular weight excluding hydrogens is 364 g/mol. The van der Waals surface area contributed by atoms with Crippen molar-refractivity contribution in [2.24, 2.45) is 0 Å². The highest BCUT2D eigenvalue weighted by Gasteiger charge is 2.48. The number of benzene rings is 2. The van der Waals surface area contributed by atoms with Gasteiger partial charge in [0.1, 0.15) is 0 Å². The lowest BCUT2D eigenvalue weighted by atomic mass is 9.92. The highest BCUT2D eigenvalue weighted by Crippen LogP contribution is 2.33. The van der Waals surface area contributed by atoms with Crippen molar-refractivity contribution in [3.8, 4) is 0 Å². The summed E-state index contributed by atoms with van der Waals surface area (Å²) in [5.41, 5.74) is 2.73. The lowest BCUT2D eigenvalue weighted by Gasteiger charge is -2.46. The lowest BCUT2D eigenvalue weighted by Crippen LogP contribution is -2.64. The van der Waals surface area contributed by atoms with Crippen LogP contribution in [-0.4, -0.2) is 60.5 Å². The van der Waals surface area contributed by atoms with Crippen molar-refractivity contribution in [3.63, 3.8) is 0 Å². The summed E-state index contributed by atoms with van der Waals surface area (Å²) < 4.78 is 0. The van der Waals surface area contributed by atoms with Gasteiger partial charge in [0.15, 0.2) is 0 Å². The number of piperazine rings is 1. The summed E-state index contributed by atoms with van der Waals surface area (Å²) in [5, 5.41) is 3.04. The molecule has 6 nitrogen and oxygen atoms in total. The van der Waals surface area contributed by atoms with E-state index >= 15 is 0 Å². The molecule has 3 amide bonds. The minimum Gasteiger partial charge on any atom is -0.323 e. The molecule has 152 valence electrons. The SMILES string of the molecule is CCc1cccc(NC(=O)N2CC[C@]3(C2)CN(c2ccccc2)C(=O)CN3C)c1. The van der Waals surface area contributed by atoms with E-state index in [0.717, 1.165) is 24.2 Å². The van der Waals surface area contributed by atoms with Gasteiger partial charge in [-0.2, -0.15) is 0 Å². The molecule has 2 fully saturated rings. The Morgan fingerprint density at radius 1 is 1.10 bits per heavy atom. The van der Waals surface area contributed by atoms with Gasteiger partial charge in [-0.15, -0.1) is 0 Å². The Bertz CT molecular complexity index is 901. The number of likely N-dealkylation sites (tertiary alicyclic amines) is 1. The Hall–Kier alpha value is -2.86. The number of para-hydroxylation sites is 1. The fraction of sp³-hybridized carbons (Fsp3) is 0.391. The molecule has 0 aromatic heterocycles. The van der Waals surface area contributed by atoms with Crippen LogP contribution in [0.3, 0.4) is 0 Å². The minimum atomic E-state index is -0.216. The third-order valence-electron chi connectivity index (χ3n) is 6.21. The Kier molecular flexibility index (Phi) is 5.28. The van der Waals surface area contributed by atoms with Crippen molar-refractivity contribution in [2.45, 2.75) is 25.3 Å². The summed E-state index contributed by atoms with van der Waals surface area (Å²) in [6.45, 7) is 4.36. The van der Waals surface area contributed by atoms with Crippen molar-refractivity contribution in [3.05, 3.63) is 60.2 Å². The van der Waals surface area contributed by atoms with Crippen LogP contribution in [0.25, 0.3) is 0 Å². The summed E-state index contributed by atoms with van der Waals surface area (Å²) in [5.74, 6) is 0.101. The molecule has 2 heterocycles. The Balaban J connectivity index is 1.48. The van der Waals surface area contributed by atoms with E-state index in [-0.39, 0.29) is 17.5 Å². The van der Waals surface area contributed by atoms with E-state index in [1.165, 1.54) is 5.56 Å². The number of carbonyl (C=O) groups is 2. The molecule has 2 saturated heterocycles. The van der Waals surface area contributed by atoms with Crippen molar-refractivity contribution in [1.82, 2.24) is 9.80 Å². The van der Waals surface area contributed by atoms with Crippen LogP contribution in [-0.2, 0) is 11.2 Å². The number of nitrogens with zero attached hydrogens (tertiary/aromatic N) is 3. The van der Waals surface area contributed by atoms with Gasteiger partial charge in [-0.1, -0.05) is 37.3 Å². The van der Waals surface area contributed by atoms with Gasteiger partial charge in [-0.3, -0.25) is 9.69 Å². The highest BCUT2D eigenvalue weighted by atomic mass is 16.2. The molecule has 6 heteroatoms. The van der Waals surface area contributed by atoms with Crippen molar-refractivity contribution in [2.75, 3.05) is 43.4 Å². The van der Waals surface area contributed by atoms with Gasteiger partial charge in [0.2, 0.25) is 5.91 Å². The van der Waals surface area contributed by atoms with Crippen molar-refractivity contribution in [1.29, 1.82) is 0 Å². The first-order valence-electron chi connectivity index (χ1n) is 10.2. The van der Waals surface area contributed by atoms with Crippen LogP contribution in [0.5, 0.6) is 0 Å². The van der Waals surface area contributed by atoms with Crippen LogP contribution in [0.2, 0.25) is 0 Å². The number of urea groups is 1. The number of nitrogens with one attached hydrogen (secondary N) is 1. The first-order chi connectivity index (χ1) is 14.0. The largest absolute Gasteiger partial charge is 0.323 e. The predicted octanol–water partition coefficient (Wildman–Crippen LogP) is 3.20. The van der Waals surface area contributed by atoms with Gasteiger partial charge in [0.25, 0.3) is 0 Å². The topological polar surface area (TPSA) is 55.9 Å². The second-order valence-electron chi connectivity index (χ2n) is 8.05. The van der Waals surface area contributed by atoms with E-state index in [0.29, 0.717) is 26.2 Å². The summed E-state index contributed by atoms with van der Waals surface area (Å²) >= 11 is 0. The molecule has 2 aliphatic rings. The molecule has 2 aliphatic heterocycles. The highest BCUT2D eigenvalue weighted by molar-refractivity contribution is 5.96. The molecule has 0 aliphatic carbocycles. The van der Waals surface area contributed by atoms with Crippen molar-refractivity contribution >= 4 is 23.3 Å². The normalized spacial score (nSPS) is 22.3. The third-order valence-corrected chi connectivity index (χ3v) is 6.21. The maximum absolute atomic E-state index is 12.9. The number of likely N-dealkylation sites (N-methyl/N-ethyl adjacent to an activating group) is 1. The fourth-order valence-electron chi connectivity index (χ4n) is 4.34. The van der Waals surface area contributed by atoms with Gasteiger partial charge in [0.05, 0.1) is 12.1 Å². The molecule has 1 spiro atoms. The lowest BCUT2D eigenvalue weighted by molar-refractivity contribution is -0.123. The molecule has 4 rings (SSSR count). The molecule has 29 heavy (non-hydrogen) atoms. The fourth-order valence-corrected chi connectivity index (χ4v) is 4.34. The zero-order valence-electron chi connectivity index (χ0n) is 17.1. The molecule has 0 bridgehead atoms. The monoisotopic (exact) mass is 392 g/mol. The average Bonchev–Trinajstić information content (AvgIpc) is 3.17. The number of anilines is 2. The van der Waals surface area contributed by atoms with Gasteiger partial charge >= 0.3 is 6.03 Å². The Morgan fingerprint density at radius 2 is 1.90 bits per heavy atom. The number of hydrogen-bond donors (Lipinski definition) is 1. The summed E-state index contributed by atoms with van der Waals surface area (Å²) in [7, 11) is 1.99. The van der Waals surface area contributed by atoms with Crippen molar-refractivity contribution < 1.29 is 9.59 Å². The number of amides is 3. The number of rotatable bonds is 3. The van der Waals surface area contributed by atoms with E-state index in [2.05, 4.69) is 23.2 Å². The molecule has 2 aromatic rings. The molecule has 1 atom stereocenters. The van der Waals surface area contributed by atoms with Gasteiger partial charge in [0, 0.05) is 31.0 Å². The Morgan fingerprint density at radius 3 is 2.66 bits per heavy atom. The van der Waals surface area contributed by atoms with Crippen LogP contribution in [0.1, 0.15) is 18.9 Å². The molecule has 0 saturated carbocycles. The van der Waals surface area contributed by atoms with Crippen LogP contribution in [0.15, 0.2) is 54.6 Å². The molecule has 2 aromatic carbocycles. The van der Waals surface area contributed by atoms with Crippen LogP contribution < -0.4 is 10.2 Å². The quantitative estimate of drug-likeness (QED) is 0.873. The van der Waals surface area contributed by atoms with E-state index in [1.807, 2.05) is 65.4 Å². The van der Waals surface area contributed by atoms with Gasteiger partial charge in [-0.25, -0.2) is 4.79 Å². The molecular formula is C23H28N4O2. The zero-order chi connectivity index (χ0) is 20.4. The number of aryl methyl sites for hydroxylation is 1. The average molecular weight is 393 g/mol. The predicted molar refractivity (Wildman–Crippen MR) is 115 cm³/mol. The maximum atomic E-state index is 12.9. The first kappa shape index (κ1) is 19.5. The molecule has 0 unspecified atom stereocenters. The second kappa shape index (κ2) is 7.87. The van der Waals surface area contributed by atoms with Gasteiger partial charge < -0.3 is 15.1 Å². The van der Waals surface area contributed by atoms with E-state index in [9.17, 15) is 9.59 Å². The minimum absolute atomic E-state index is 0.0771. The van der Waals surface area contributed by atoms with E-state index < -0.39 is 0 Å². The first-order valence-corrected chi connectivity index (χ1v) is 10.2. The van der Waals surface area contributed by atoms with E-state index in [1.54, 1.807) is 0 Å². The van der Waals surface area contributed by atoms with Crippen LogP contribution in [0, 0.1) is 0 Å². The molecule has 0 radical (unpaired) electrons. The van der Waals surface area contributed by atoms with Gasteiger partial charge in [-0.05, 0) is 49.7 Å². The zero-order valence-corrected chi connectivity index (χ0v) is 17.1. The van der Waals surface area contributed by atoms with E-state index in [4.69, 9.17) is 0 Å². The summed E-state index contributed by atoms with van der Waals surface area (Å²) in [6.07, 6.45) is 1.78. The second-order valence-corrected chi connectivity index (χ2v) is 8.05. The standard InChI is InChI=1S/C23H28N4O2/c1-3-18-8-7-9-19(14-18)24-22(29)26-13-12-23(16-26)17-27(21(28)15-25(23)2)20-10-5-4-6-11-20/h4-11,14H,3,12-13,15-17H2,1-2H3,(H,24,29)/t23-/m0/s1. The van der Waals surface area contributed by atoms with Crippen LogP contribution >= 0.6 is 0 Å². The third kappa shape index (κ3) is 3.85. The Labute approximate surface area is 172 Å². The summed E-state index contributed by atoms with van der Waals surface area (Å²) in [4.78, 5) is 31.4. The number of carbonyl (C=O) groups excluding carboxylic acids is 2. The molecule has 1 N–H and O–H groups in total. The number of hydrogen-bond acceptors (Lipinski definition) is 3. The van der Waals surface area contributed by atoms with Crippen LogP contribution in [0.4, 0.5) is 16.2 Å². The smallest absolute Gasteiger partial charge is 0.321 e.